The largest absolute Gasteiger partial charge is 0.368 e. The number of anilines is 1. The van der Waals surface area contributed by atoms with Crippen molar-refractivity contribution in [1.82, 2.24) is 20.0 Å². The molecule has 0 spiro atoms. The number of hydrogen-bond acceptors (Lipinski definition) is 6. The molecule has 2 aromatic heterocycles. The fourth-order valence-electron chi connectivity index (χ4n) is 3.56. The molecule has 0 saturated carbocycles. The maximum absolute atomic E-state index is 6.13. The summed E-state index contributed by atoms with van der Waals surface area (Å²) < 4.78 is 5.40. The standard InChI is InChI=1S/C19H22ClN5O/c1-13-5-2-3-9-25(13)10-8-21-18-16-17(14-6-4-7-15(20)11-14)24-26-19(16)23-12-22-18/h4,6-7,11-13H,2-3,5,8-10H2,1H3,(H,21,22,23)/t13-/m1/s1. The summed E-state index contributed by atoms with van der Waals surface area (Å²) in [6, 6.07) is 8.20. The van der Waals surface area contributed by atoms with Crippen molar-refractivity contribution in [3.05, 3.63) is 35.6 Å². The van der Waals surface area contributed by atoms with E-state index in [1.54, 1.807) is 0 Å². The Bertz CT molecular complexity index is 897. The van der Waals surface area contributed by atoms with Crippen LogP contribution in [0.15, 0.2) is 35.1 Å². The molecular formula is C19H22ClN5O. The first-order chi connectivity index (χ1) is 12.7. The van der Waals surface area contributed by atoms with Crippen LogP contribution in [0.1, 0.15) is 26.2 Å². The van der Waals surface area contributed by atoms with Gasteiger partial charge in [-0.1, -0.05) is 35.3 Å². The molecule has 1 N–H and O–H groups in total. The Morgan fingerprint density at radius 1 is 1.31 bits per heavy atom. The Kier molecular flexibility index (Phi) is 5.04. The van der Waals surface area contributed by atoms with Crippen molar-refractivity contribution in [2.24, 2.45) is 0 Å². The second-order valence-electron chi connectivity index (χ2n) is 6.75. The Balaban J connectivity index is 1.56. The van der Waals surface area contributed by atoms with Crippen LogP contribution in [0, 0.1) is 0 Å². The van der Waals surface area contributed by atoms with Crippen LogP contribution in [0.25, 0.3) is 22.4 Å². The summed E-state index contributed by atoms with van der Waals surface area (Å²) in [4.78, 5) is 11.1. The van der Waals surface area contributed by atoms with E-state index >= 15 is 0 Å². The molecule has 0 radical (unpaired) electrons. The van der Waals surface area contributed by atoms with E-state index in [2.05, 4.69) is 32.3 Å². The van der Waals surface area contributed by atoms with E-state index in [1.165, 1.54) is 32.1 Å². The monoisotopic (exact) mass is 371 g/mol. The Hall–Kier alpha value is -2.18. The zero-order chi connectivity index (χ0) is 17.9. The number of benzene rings is 1. The fraction of sp³-hybridized carbons (Fsp3) is 0.421. The van der Waals surface area contributed by atoms with Gasteiger partial charge in [0.2, 0.25) is 0 Å². The van der Waals surface area contributed by atoms with Crippen molar-refractivity contribution in [2.75, 3.05) is 25.0 Å². The lowest BCUT2D eigenvalue weighted by Gasteiger charge is -2.33. The van der Waals surface area contributed by atoms with Gasteiger partial charge in [0.05, 0.1) is 0 Å². The van der Waals surface area contributed by atoms with E-state index in [1.807, 2.05) is 24.3 Å². The van der Waals surface area contributed by atoms with Crippen molar-refractivity contribution in [2.45, 2.75) is 32.2 Å². The number of nitrogens with zero attached hydrogens (tertiary/aromatic N) is 4. The maximum Gasteiger partial charge on any atom is 0.263 e. The van der Waals surface area contributed by atoms with Gasteiger partial charge in [-0.05, 0) is 38.4 Å². The summed E-state index contributed by atoms with van der Waals surface area (Å²) in [7, 11) is 0. The predicted molar refractivity (Wildman–Crippen MR) is 103 cm³/mol. The first kappa shape index (κ1) is 17.2. The summed E-state index contributed by atoms with van der Waals surface area (Å²) in [6.07, 6.45) is 5.40. The van der Waals surface area contributed by atoms with Crippen molar-refractivity contribution < 1.29 is 4.52 Å². The van der Waals surface area contributed by atoms with E-state index in [0.29, 0.717) is 22.5 Å². The molecule has 1 aliphatic heterocycles. The average molecular weight is 372 g/mol. The highest BCUT2D eigenvalue weighted by Crippen LogP contribution is 2.32. The molecule has 0 unspecified atom stereocenters. The highest BCUT2D eigenvalue weighted by atomic mass is 35.5. The van der Waals surface area contributed by atoms with Crippen LogP contribution in [0.2, 0.25) is 5.02 Å². The van der Waals surface area contributed by atoms with Crippen LogP contribution >= 0.6 is 11.6 Å². The molecule has 26 heavy (non-hydrogen) atoms. The third-order valence-electron chi connectivity index (χ3n) is 5.00. The summed E-state index contributed by atoms with van der Waals surface area (Å²) in [6.45, 7) is 5.28. The summed E-state index contributed by atoms with van der Waals surface area (Å²) >= 11 is 6.13. The minimum Gasteiger partial charge on any atom is -0.368 e. The van der Waals surface area contributed by atoms with Crippen molar-refractivity contribution in [3.8, 4) is 11.3 Å². The first-order valence-corrected chi connectivity index (χ1v) is 9.44. The van der Waals surface area contributed by atoms with Crippen LogP contribution in [-0.2, 0) is 0 Å². The number of hydrogen-bond donors (Lipinski definition) is 1. The summed E-state index contributed by atoms with van der Waals surface area (Å²) in [5.41, 5.74) is 2.07. The van der Waals surface area contributed by atoms with Gasteiger partial charge in [0.1, 0.15) is 23.2 Å². The lowest BCUT2D eigenvalue weighted by Crippen LogP contribution is -2.40. The molecular weight excluding hydrogens is 350 g/mol. The molecule has 1 aliphatic rings. The Labute approximate surface area is 157 Å². The molecule has 3 aromatic rings. The van der Waals surface area contributed by atoms with E-state index in [9.17, 15) is 0 Å². The smallest absolute Gasteiger partial charge is 0.263 e. The molecule has 4 rings (SSSR count). The maximum atomic E-state index is 6.13. The van der Waals surface area contributed by atoms with Gasteiger partial charge in [-0.25, -0.2) is 4.98 Å². The van der Waals surface area contributed by atoms with Crippen LogP contribution < -0.4 is 5.32 Å². The SMILES string of the molecule is C[C@@H]1CCCCN1CCNc1ncnc2onc(-c3cccc(Cl)c3)c12. The van der Waals surface area contributed by atoms with E-state index in [0.717, 1.165) is 29.9 Å². The van der Waals surface area contributed by atoms with Crippen molar-refractivity contribution >= 4 is 28.5 Å². The number of likely N-dealkylation sites (tertiary alicyclic amines) is 1. The third-order valence-corrected chi connectivity index (χ3v) is 5.24. The Morgan fingerprint density at radius 3 is 3.08 bits per heavy atom. The molecule has 6 nitrogen and oxygen atoms in total. The van der Waals surface area contributed by atoms with Gasteiger partial charge in [-0.15, -0.1) is 0 Å². The van der Waals surface area contributed by atoms with Crippen molar-refractivity contribution in [3.63, 3.8) is 0 Å². The number of halogens is 1. The lowest BCUT2D eigenvalue weighted by atomic mass is 10.0. The summed E-state index contributed by atoms with van der Waals surface area (Å²) in [5, 5.41) is 9.08. The van der Waals surface area contributed by atoms with Crippen LogP contribution in [0.4, 0.5) is 5.82 Å². The zero-order valence-electron chi connectivity index (χ0n) is 14.8. The molecule has 1 aromatic carbocycles. The minimum absolute atomic E-state index is 0.476. The molecule has 3 heterocycles. The quantitative estimate of drug-likeness (QED) is 0.724. The van der Waals surface area contributed by atoms with Gasteiger partial charge < -0.3 is 9.84 Å². The topological polar surface area (TPSA) is 67.1 Å². The number of aromatic nitrogens is 3. The van der Waals surface area contributed by atoms with E-state index in [4.69, 9.17) is 16.1 Å². The molecule has 1 atom stereocenters. The predicted octanol–water partition coefficient (Wildman–Crippen LogP) is 4.22. The number of fused-ring (bicyclic) bond motifs is 1. The molecule has 136 valence electrons. The number of nitrogens with one attached hydrogen (secondary N) is 1. The highest BCUT2D eigenvalue weighted by Gasteiger charge is 2.19. The van der Waals surface area contributed by atoms with Gasteiger partial charge in [-0.3, -0.25) is 4.90 Å². The van der Waals surface area contributed by atoms with Gasteiger partial charge in [-0.2, -0.15) is 4.98 Å². The van der Waals surface area contributed by atoms with Gasteiger partial charge in [0.15, 0.2) is 0 Å². The van der Waals surface area contributed by atoms with Crippen molar-refractivity contribution in [1.29, 1.82) is 0 Å². The highest BCUT2D eigenvalue weighted by molar-refractivity contribution is 6.30. The number of rotatable bonds is 5. The third kappa shape index (κ3) is 3.52. The molecule has 1 saturated heterocycles. The second kappa shape index (κ2) is 7.60. The summed E-state index contributed by atoms with van der Waals surface area (Å²) in [5.74, 6) is 0.746. The Morgan fingerprint density at radius 2 is 2.23 bits per heavy atom. The van der Waals surface area contributed by atoms with E-state index in [-0.39, 0.29) is 0 Å². The first-order valence-electron chi connectivity index (χ1n) is 9.06. The average Bonchev–Trinajstić information content (AvgIpc) is 3.08. The van der Waals surface area contributed by atoms with Crippen LogP contribution in [0.3, 0.4) is 0 Å². The van der Waals surface area contributed by atoms with Gasteiger partial charge in [0.25, 0.3) is 5.71 Å². The van der Waals surface area contributed by atoms with Gasteiger partial charge in [0, 0.05) is 29.7 Å². The fourth-order valence-corrected chi connectivity index (χ4v) is 3.75. The lowest BCUT2D eigenvalue weighted by molar-refractivity contribution is 0.167. The molecule has 1 fully saturated rings. The number of piperidine rings is 1. The molecule has 0 bridgehead atoms. The van der Waals surface area contributed by atoms with Crippen LogP contribution in [-0.4, -0.2) is 45.7 Å². The molecule has 0 amide bonds. The molecule has 7 heteroatoms. The molecule has 0 aliphatic carbocycles. The minimum atomic E-state index is 0.476. The van der Waals surface area contributed by atoms with E-state index < -0.39 is 0 Å². The van der Waals surface area contributed by atoms with Crippen LogP contribution in [0.5, 0.6) is 0 Å². The zero-order valence-corrected chi connectivity index (χ0v) is 15.5. The second-order valence-corrected chi connectivity index (χ2v) is 7.19. The normalized spacial score (nSPS) is 18.3. The van der Waals surface area contributed by atoms with Gasteiger partial charge >= 0.3 is 0 Å².